The highest BCUT2D eigenvalue weighted by Gasteiger charge is 2.32. The van der Waals surface area contributed by atoms with E-state index in [1.54, 1.807) is 24.4 Å². The molecule has 1 aromatic carbocycles. The molecule has 0 saturated heterocycles. The summed E-state index contributed by atoms with van der Waals surface area (Å²) in [5.41, 5.74) is 1.71. The molecule has 4 rings (SSSR count). The molecule has 120 valence electrons. The molecule has 0 N–H and O–H groups in total. The predicted octanol–water partition coefficient (Wildman–Crippen LogP) is 1.60. The van der Waals surface area contributed by atoms with Gasteiger partial charge in [0.25, 0.3) is 0 Å². The van der Waals surface area contributed by atoms with Crippen molar-refractivity contribution in [1.82, 2.24) is 9.29 Å². The van der Waals surface area contributed by atoms with Crippen LogP contribution in [-0.4, -0.2) is 37.5 Å². The zero-order valence-electron chi connectivity index (χ0n) is 12.4. The number of pyridine rings is 1. The number of ether oxygens (including phenoxy) is 2. The molecule has 7 heteroatoms. The van der Waals surface area contributed by atoms with Gasteiger partial charge in [0, 0.05) is 31.3 Å². The first-order valence-electron chi connectivity index (χ1n) is 7.48. The number of fused-ring (bicyclic) bond motifs is 2. The van der Waals surface area contributed by atoms with Crippen molar-refractivity contribution < 1.29 is 17.9 Å². The molecule has 0 aliphatic carbocycles. The average molecular weight is 332 g/mol. The van der Waals surface area contributed by atoms with Gasteiger partial charge in [-0.1, -0.05) is 18.2 Å². The quantitative estimate of drug-likeness (QED) is 0.835. The zero-order valence-corrected chi connectivity index (χ0v) is 13.3. The summed E-state index contributed by atoms with van der Waals surface area (Å²) < 4.78 is 38.7. The van der Waals surface area contributed by atoms with Crippen LogP contribution < -0.4 is 9.47 Å². The molecular formula is C16H16N2O4S. The lowest BCUT2D eigenvalue weighted by molar-refractivity contribution is 0.284. The summed E-state index contributed by atoms with van der Waals surface area (Å²) >= 11 is 0. The van der Waals surface area contributed by atoms with E-state index in [1.165, 1.54) is 4.31 Å². The Morgan fingerprint density at radius 1 is 1.04 bits per heavy atom. The number of benzene rings is 1. The lowest BCUT2D eigenvalue weighted by Crippen LogP contribution is -2.32. The summed E-state index contributed by atoms with van der Waals surface area (Å²) in [5.74, 6) is 0.990. The minimum absolute atomic E-state index is 0.236. The van der Waals surface area contributed by atoms with Gasteiger partial charge in [0.15, 0.2) is 0 Å². The molecule has 0 spiro atoms. The third-order valence-electron chi connectivity index (χ3n) is 4.07. The van der Waals surface area contributed by atoms with Gasteiger partial charge in [-0.3, -0.25) is 0 Å². The normalized spacial score (nSPS) is 17.6. The molecule has 0 atom stereocenters. The van der Waals surface area contributed by atoms with E-state index in [2.05, 4.69) is 4.98 Å². The van der Waals surface area contributed by atoms with E-state index in [4.69, 9.17) is 9.47 Å². The van der Waals surface area contributed by atoms with Crippen molar-refractivity contribution in [2.45, 2.75) is 17.9 Å². The Balaban J connectivity index is 1.74. The van der Waals surface area contributed by atoms with Crippen LogP contribution in [0, 0.1) is 0 Å². The number of sulfonamides is 1. The van der Waals surface area contributed by atoms with Crippen LogP contribution in [0.4, 0.5) is 0 Å². The standard InChI is InChI=1S/C16H16N2O4S/c19-23(20,14-5-1-3-12-6-9-21-15(12)14)18-8-10-22-16-13(11-18)4-2-7-17-16/h1-5,7H,6,8-11H2. The van der Waals surface area contributed by atoms with Gasteiger partial charge >= 0.3 is 0 Å². The molecule has 0 unspecified atom stereocenters. The van der Waals surface area contributed by atoms with Crippen LogP contribution in [-0.2, 0) is 23.0 Å². The van der Waals surface area contributed by atoms with E-state index < -0.39 is 10.0 Å². The van der Waals surface area contributed by atoms with Gasteiger partial charge < -0.3 is 9.47 Å². The average Bonchev–Trinajstić information content (AvgIpc) is 2.92. The smallest absolute Gasteiger partial charge is 0.247 e. The first kappa shape index (κ1) is 14.5. The first-order chi connectivity index (χ1) is 11.2. The highest BCUT2D eigenvalue weighted by molar-refractivity contribution is 7.89. The maximum absolute atomic E-state index is 13.1. The van der Waals surface area contributed by atoms with Crippen LogP contribution in [0.3, 0.4) is 0 Å². The van der Waals surface area contributed by atoms with Crippen molar-refractivity contribution in [1.29, 1.82) is 0 Å². The molecular weight excluding hydrogens is 316 g/mol. The maximum atomic E-state index is 13.1. The molecule has 2 aliphatic heterocycles. The van der Waals surface area contributed by atoms with E-state index >= 15 is 0 Å². The topological polar surface area (TPSA) is 68.7 Å². The maximum Gasteiger partial charge on any atom is 0.247 e. The molecule has 2 aliphatic rings. The fraction of sp³-hybridized carbons (Fsp3) is 0.312. The van der Waals surface area contributed by atoms with E-state index in [9.17, 15) is 8.42 Å². The molecule has 1 aromatic heterocycles. The van der Waals surface area contributed by atoms with Crippen molar-refractivity contribution in [3.05, 3.63) is 47.7 Å². The van der Waals surface area contributed by atoms with Crippen LogP contribution in [0.5, 0.6) is 11.6 Å². The Hall–Kier alpha value is -2.12. The fourth-order valence-corrected chi connectivity index (χ4v) is 4.50. The molecule has 23 heavy (non-hydrogen) atoms. The van der Waals surface area contributed by atoms with Gasteiger partial charge in [0.2, 0.25) is 15.9 Å². The second-order valence-corrected chi connectivity index (χ2v) is 7.40. The summed E-state index contributed by atoms with van der Waals surface area (Å²) in [7, 11) is -3.65. The third kappa shape index (κ3) is 2.46. The summed E-state index contributed by atoms with van der Waals surface area (Å²) in [6.07, 6.45) is 2.38. The van der Waals surface area contributed by atoms with Crippen LogP contribution in [0.2, 0.25) is 0 Å². The van der Waals surface area contributed by atoms with E-state index in [0.717, 1.165) is 17.5 Å². The Morgan fingerprint density at radius 2 is 1.91 bits per heavy atom. The molecule has 0 radical (unpaired) electrons. The van der Waals surface area contributed by atoms with Crippen molar-refractivity contribution in [3.8, 4) is 11.6 Å². The Kier molecular flexibility index (Phi) is 3.46. The largest absolute Gasteiger partial charge is 0.492 e. The summed E-state index contributed by atoms with van der Waals surface area (Å²) in [5, 5.41) is 0. The van der Waals surface area contributed by atoms with Gasteiger partial charge in [-0.15, -0.1) is 0 Å². The van der Waals surface area contributed by atoms with Gasteiger partial charge in [-0.2, -0.15) is 4.31 Å². The first-order valence-corrected chi connectivity index (χ1v) is 8.92. The van der Waals surface area contributed by atoms with E-state index in [0.29, 0.717) is 18.2 Å². The predicted molar refractivity (Wildman–Crippen MR) is 83.0 cm³/mol. The van der Waals surface area contributed by atoms with Crippen molar-refractivity contribution in [2.75, 3.05) is 19.8 Å². The molecule has 0 bridgehead atoms. The summed E-state index contributed by atoms with van der Waals surface area (Å²) in [6.45, 7) is 1.33. The van der Waals surface area contributed by atoms with Crippen LogP contribution in [0.15, 0.2) is 41.4 Å². The van der Waals surface area contributed by atoms with Crippen molar-refractivity contribution in [2.24, 2.45) is 0 Å². The van der Waals surface area contributed by atoms with E-state index in [-0.39, 0.29) is 24.6 Å². The molecule has 2 aromatic rings. The van der Waals surface area contributed by atoms with Crippen molar-refractivity contribution in [3.63, 3.8) is 0 Å². The van der Waals surface area contributed by atoms with Crippen molar-refractivity contribution >= 4 is 10.0 Å². The molecule has 0 fully saturated rings. The summed E-state index contributed by atoms with van der Waals surface area (Å²) in [4.78, 5) is 4.39. The molecule has 6 nitrogen and oxygen atoms in total. The van der Waals surface area contributed by atoms with Gasteiger partial charge in [-0.25, -0.2) is 13.4 Å². The zero-order chi connectivity index (χ0) is 15.9. The lowest BCUT2D eigenvalue weighted by atomic mass is 10.2. The number of hydrogen-bond acceptors (Lipinski definition) is 5. The SMILES string of the molecule is O=S(=O)(c1cccc2c1OCC2)N1CCOc2ncccc2C1. The number of aromatic nitrogens is 1. The second-order valence-electron chi connectivity index (χ2n) is 5.50. The summed E-state index contributed by atoms with van der Waals surface area (Å²) in [6, 6.07) is 8.90. The Labute approximate surface area is 134 Å². The van der Waals surface area contributed by atoms with Crippen LogP contribution in [0.25, 0.3) is 0 Å². The van der Waals surface area contributed by atoms with Gasteiger partial charge in [0.1, 0.15) is 17.3 Å². The van der Waals surface area contributed by atoms with Gasteiger partial charge in [0.05, 0.1) is 6.61 Å². The number of hydrogen-bond donors (Lipinski definition) is 0. The fourth-order valence-electron chi connectivity index (χ4n) is 2.92. The van der Waals surface area contributed by atoms with Gasteiger partial charge in [-0.05, 0) is 17.7 Å². The number of rotatable bonds is 2. The van der Waals surface area contributed by atoms with Crippen LogP contribution in [0.1, 0.15) is 11.1 Å². The highest BCUT2D eigenvalue weighted by atomic mass is 32.2. The minimum Gasteiger partial charge on any atom is -0.492 e. The minimum atomic E-state index is -3.65. The number of para-hydroxylation sites is 1. The third-order valence-corrected chi connectivity index (χ3v) is 5.94. The second kappa shape index (κ2) is 5.50. The molecule has 0 amide bonds. The monoisotopic (exact) mass is 332 g/mol. The van der Waals surface area contributed by atoms with Crippen LogP contribution >= 0.6 is 0 Å². The van der Waals surface area contributed by atoms with E-state index in [1.807, 2.05) is 12.1 Å². The highest BCUT2D eigenvalue weighted by Crippen LogP contribution is 2.35. The Bertz CT molecular complexity index is 851. The molecule has 3 heterocycles. The Morgan fingerprint density at radius 3 is 2.83 bits per heavy atom. The molecule has 0 saturated carbocycles. The lowest BCUT2D eigenvalue weighted by Gasteiger charge is -2.20. The number of nitrogens with zero attached hydrogens (tertiary/aromatic N) is 2.